The lowest BCUT2D eigenvalue weighted by Gasteiger charge is -2.25. The standard InChI is InChI=1S/C24H24F3N3O4S/c1-3-34-23(31)20-14-18(35(32,33)21-12-8-7-11-19(21)24(25,26)27)15-29(20)22-13-16(2)28-30(22)17-9-5-4-6-10-17/h4-13,18,20H,3,14-15H2,1-2H3/t18-,20?/m1/s1. The Balaban J connectivity index is 1.78. The summed E-state index contributed by atoms with van der Waals surface area (Å²) in [6.07, 6.45) is -5.06. The van der Waals surface area contributed by atoms with E-state index in [4.69, 9.17) is 4.74 Å². The van der Waals surface area contributed by atoms with Crippen molar-refractivity contribution in [2.45, 2.75) is 42.6 Å². The van der Waals surface area contributed by atoms with Crippen LogP contribution in [0.1, 0.15) is 24.6 Å². The third-order valence-electron chi connectivity index (χ3n) is 5.87. The van der Waals surface area contributed by atoms with Crippen molar-refractivity contribution in [1.29, 1.82) is 0 Å². The van der Waals surface area contributed by atoms with Crippen LogP contribution in [0.3, 0.4) is 0 Å². The minimum absolute atomic E-state index is 0.0778. The van der Waals surface area contributed by atoms with Gasteiger partial charge in [0.25, 0.3) is 0 Å². The van der Waals surface area contributed by atoms with Crippen LogP contribution in [-0.2, 0) is 25.5 Å². The zero-order chi connectivity index (χ0) is 25.4. The Morgan fingerprint density at radius 2 is 1.77 bits per heavy atom. The number of rotatable bonds is 6. The van der Waals surface area contributed by atoms with Gasteiger partial charge in [0.1, 0.15) is 11.9 Å². The van der Waals surface area contributed by atoms with E-state index in [0.717, 1.165) is 18.2 Å². The monoisotopic (exact) mass is 507 g/mol. The van der Waals surface area contributed by atoms with E-state index < -0.39 is 43.7 Å². The molecule has 0 spiro atoms. The second-order valence-corrected chi connectivity index (χ2v) is 10.4. The third-order valence-corrected chi connectivity index (χ3v) is 8.06. The summed E-state index contributed by atoms with van der Waals surface area (Å²) in [7, 11) is -4.44. The zero-order valence-corrected chi connectivity index (χ0v) is 19.9. The van der Waals surface area contributed by atoms with Crippen LogP contribution >= 0.6 is 0 Å². The van der Waals surface area contributed by atoms with Gasteiger partial charge in [-0.25, -0.2) is 17.9 Å². The van der Waals surface area contributed by atoms with Crippen molar-refractivity contribution in [3.8, 4) is 5.69 Å². The Hall–Kier alpha value is -3.34. The van der Waals surface area contributed by atoms with E-state index in [9.17, 15) is 26.4 Å². The number of anilines is 1. The molecule has 0 bridgehead atoms. The molecule has 1 aromatic heterocycles. The number of esters is 1. The number of carbonyl (C=O) groups excluding carboxylic acids is 1. The number of benzene rings is 2. The van der Waals surface area contributed by atoms with Gasteiger partial charge in [-0.3, -0.25) is 0 Å². The van der Waals surface area contributed by atoms with E-state index in [1.165, 1.54) is 6.07 Å². The predicted molar refractivity (Wildman–Crippen MR) is 123 cm³/mol. The molecular weight excluding hydrogens is 483 g/mol. The van der Waals surface area contributed by atoms with Gasteiger partial charge in [-0.1, -0.05) is 30.3 Å². The minimum atomic E-state index is -4.84. The molecule has 1 aliphatic rings. The third kappa shape index (κ3) is 4.77. The Bertz CT molecular complexity index is 1320. The fourth-order valence-corrected chi connectivity index (χ4v) is 6.23. The van der Waals surface area contributed by atoms with Crippen LogP contribution in [0.15, 0.2) is 65.6 Å². The molecule has 11 heteroatoms. The van der Waals surface area contributed by atoms with Crippen LogP contribution in [0.5, 0.6) is 0 Å². The second kappa shape index (κ2) is 9.37. The van der Waals surface area contributed by atoms with Gasteiger partial charge < -0.3 is 9.64 Å². The first-order chi connectivity index (χ1) is 16.5. The Labute approximate surface area is 201 Å². The maximum atomic E-state index is 13.6. The summed E-state index contributed by atoms with van der Waals surface area (Å²) in [5.74, 6) is -0.193. The van der Waals surface area contributed by atoms with E-state index in [1.54, 1.807) is 41.6 Å². The number of alkyl halides is 3. The highest BCUT2D eigenvalue weighted by Crippen LogP contribution is 2.39. The lowest BCUT2D eigenvalue weighted by molar-refractivity contribution is -0.144. The van der Waals surface area contributed by atoms with Crippen molar-refractivity contribution < 1.29 is 31.1 Å². The van der Waals surface area contributed by atoms with E-state index in [-0.39, 0.29) is 19.6 Å². The van der Waals surface area contributed by atoms with E-state index >= 15 is 0 Å². The van der Waals surface area contributed by atoms with Crippen LogP contribution in [0.2, 0.25) is 0 Å². The molecule has 2 heterocycles. The lowest BCUT2D eigenvalue weighted by Crippen LogP contribution is -2.38. The average Bonchev–Trinajstić information content (AvgIpc) is 3.43. The second-order valence-electron chi connectivity index (χ2n) is 8.21. The number of hydrogen-bond acceptors (Lipinski definition) is 6. The van der Waals surface area contributed by atoms with Gasteiger partial charge in [0.05, 0.1) is 33.7 Å². The number of aromatic nitrogens is 2. The fourth-order valence-electron chi connectivity index (χ4n) is 4.32. The van der Waals surface area contributed by atoms with Crippen LogP contribution in [0.4, 0.5) is 19.0 Å². The van der Waals surface area contributed by atoms with Gasteiger partial charge in [0.2, 0.25) is 0 Å². The minimum Gasteiger partial charge on any atom is -0.464 e. The predicted octanol–water partition coefficient (Wildman–Crippen LogP) is 4.18. The molecule has 1 unspecified atom stereocenters. The molecule has 0 saturated carbocycles. The molecule has 0 N–H and O–H groups in total. The van der Waals surface area contributed by atoms with Crippen molar-refractivity contribution in [2.24, 2.45) is 0 Å². The molecule has 0 amide bonds. The van der Waals surface area contributed by atoms with Crippen molar-refractivity contribution in [3.05, 3.63) is 71.9 Å². The molecule has 3 aromatic rings. The molecule has 186 valence electrons. The number of hydrogen-bond donors (Lipinski definition) is 0. The number of ether oxygens (including phenoxy) is 1. The van der Waals surface area contributed by atoms with Crippen molar-refractivity contribution in [3.63, 3.8) is 0 Å². The fraction of sp³-hybridized carbons (Fsp3) is 0.333. The molecule has 0 radical (unpaired) electrons. The topological polar surface area (TPSA) is 81.5 Å². The largest absolute Gasteiger partial charge is 0.464 e. The molecule has 0 aliphatic carbocycles. The summed E-state index contributed by atoms with van der Waals surface area (Å²) < 4.78 is 74.5. The molecule has 4 rings (SSSR count). The van der Waals surface area contributed by atoms with E-state index in [1.807, 2.05) is 18.2 Å². The summed E-state index contributed by atoms with van der Waals surface area (Å²) in [6, 6.07) is 13.9. The summed E-state index contributed by atoms with van der Waals surface area (Å²) in [6.45, 7) is 3.26. The normalized spacial score (nSPS) is 18.6. The number of carbonyl (C=O) groups is 1. The van der Waals surface area contributed by atoms with Gasteiger partial charge in [-0.2, -0.15) is 18.3 Å². The van der Waals surface area contributed by atoms with Gasteiger partial charge in [0, 0.05) is 12.6 Å². The van der Waals surface area contributed by atoms with Crippen LogP contribution < -0.4 is 4.90 Å². The summed E-state index contributed by atoms with van der Waals surface area (Å²) in [5, 5.41) is 3.22. The van der Waals surface area contributed by atoms with Crippen LogP contribution in [0.25, 0.3) is 5.69 Å². The van der Waals surface area contributed by atoms with E-state index in [2.05, 4.69) is 5.10 Å². The lowest BCUT2D eigenvalue weighted by atomic mass is 10.2. The van der Waals surface area contributed by atoms with Crippen LogP contribution in [0, 0.1) is 6.92 Å². The Kier molecular flexibility index (Phi) is 6.63. The number of nitrogens with zero attached hydrogens (tertiary/aromatic N) is 3. The smallest absolute Gasteiger partial charge is 0.417 e. The first-order valence-electron chi connectivity index (χ1n) is 11.0. The van der Waals surface area contributed by atoms with Crippen molar-refractivity contribution >= 4 is 21.6 Å². The van der Waals surface area contributed by atoms with Gasteiger partial charge in [0.15, 0.2) is 9.84 Å². The molecule has 35 heavy (non-hydrogen) atoms. The maximum absolute atomic E-state index is 13.6. The highest BCUT2D eigenvalue weighted by Gasteiger charge is 2.47. The Morgan fingerprint density at radius 1 is 1.11 bits per heavy atom. The summed E-state index contributed by atoms with van der Waals surface area (Å²) >= 11 is 0. The number of sulfone groups is 1. The number of para-hydroxylation sites is 1. The van der Waals surface area contributed by atoms with Gasteiger partial charge >= 0.3 is 12.1 Å². The molecular formula is C24H24F3N3O4S. The zero-order valence-electron chi connectivity index (χ0n) is 19.1. The maximum Gasteiger partial charge on any atom is 0.417 e. The molecule has 1 saturated heterocycles. The van der Waals surface area contributed by atoms with Crippen LogP contribution in [-0.4, -0.2) is 48.6 Å². The SMILES string of the molecule is CCOC(=O)C1C[C@@H](S(=O)(=O)c2ccccc2C(F)(F)F)CN1c1cc(C)nn1-c1ccccc1. The highest BCUT2D eigenvalue weighted by molar-refractivity contribution is 7.92. The van der Waals surface area contributed by atoms with Crippen molar-refractivity contribution in [1.82, 2.24) is 9.78 Å². The van der Waals surface area contributed by atoms with Gasteiger partial charge in [-0.05, 0) is 44.5 Å². The van der Waals surface area contributed by atoms with Gasteiger partial charge in [-0.15, -0.1) is 0 Å². The number of aryl methyl sites for hydroxylation is 1. The first kappa shape index (κ1) is 24.8. The first-order valence-corrected chi connectivity index (χ1v) is 12.5. The number of halogens is 3. The molecule has 2 atom stereocenters. The molecule has 1 aliphatic heterocycles. The molecule has 7 nitrogen and oxygen atoms in total. The quantitative estimate of drug-likeness (QED) is 0.466. The average molecular weight is 508 g/mol. The van der Waals surface area contributed by atoms with Crippen molar-refractivity contribution in [2.75, 3.05) is 18.1 Å². The summed E-state index contributed by atoms with van der Waals surface area (Å²) in [4.78, 5) is 13.6. The summed E-state index contributed by atoms with van der Waals surface area (Å²) in [5.41, 5.74) is 0.0865. The molecule has 1 fully saturated rings. The highest BCUT2D eigenvalue weighted by atomic mass is 32.2. The van der Waals surface area contributed by atoms with E-state index in [0.29, 0.717) is 17.2 Å². The molecule has 2 aromatic carbocycles. The Morgan fingerprint density at radius 3 is 2.43 bits per heavy atom.